The van der Waals surface area contributed by atoms with E-state index in [0.29, 0.717) is 5.69 Å². The van der Waals surface area contributed by atoms with E-state index in [0.717, 1.165) is 12.8 Å². The second-order valence-electron chi connectivity index (χ2n) is 7.00. The molecule has 1 aliphatic carbocycles. The molecule has 0 spiro atoms. The first-order chi connectivity index (χ1) is 13.9. The van der Waals surface area contributed by atoms with Crippen molar-refractivity contribution in [3.63, 3.8) is 0 Å². The minimum Gasteiger partial charge on any atom is -0.465 e. The molecular formula is C22H24N2O5. The lowest BCUT2D eigenvalue weighted by molar-refractivity contribution is -0.117. The van der Waals surface area contributed by atoms with Gasteiger partial charge in [0.1, 0.15) is 0 Å². The van der Waals surface area contributed by atoms with E-state index in [1.165, 1.54) is 43.5 Å². The molecule has 0 heterocycles. The standard InChI is InChI=1S/C22H24N2O5/c1-24(19-9-8-14-6-4-5-7-18(14)19)13-20(25)23-17-11-15(21(26)28-2)10-16(12-17)22(27)29-3/h4-7,10-12,19H,8-9,13H2,1-3H3,(H,23,25). The van der Waals surface area contributed by atoms with E-state index < -0.39 is 11.9 Å². The Kier molecular flexibility index (Phi) is 6.29. The van der Waals surface area contributed by atoms with Gasteiger partial charge in [0, 0.05) is 11.7 Å². The van der Waals surface area contributed by atoms with Crippen LogP contribution in [-0.2, 0) is 20.7 Å². The zero-order valence-corrected chi connectivity index (χ0v) is 16.7. The second-order valence-corrected chi connectivity index (χ2v) is 7.00. The third-order valence-corrected chi connectivity index (χ3v) is 5.09. The molecular weight excluding hydrogens is 372 g/mol. The summed E-state index contributed by atoms with van der Waals surface area (Å²) in [6, 6.07) is 12.8. The van der Waals surface area contributed by atoms with Crippen LogP contribution in [0, 0.1) is 0 Å². The zero-order valence-electron chi connectivity index (χ0n) is 16.7. The highest BCUT2D eigenvalue weighted by molar-refractivity contribution is 5.99. The maximum absolute atomic E-state index is 12.6. The fourth-order valence-electron chi connectivity index (χ4n) is 3.70. The fourth-order valence-corrected chi connectivity index (χ4v) is 3.70. The topological polar surface area (TPSA) is 84.9 Å². The first-order valence-corrected chi connectivity index (χ1v) is 9.32. The van der Waals surface area contributed by atoms with Crippen molar-refractivity contribution in [2.75, 3.05) is 33.1 Å². The number of ether oxygens (including phenoxy) is 2. The zero-order chi connectivity index (χ0) is 21.0. The number of amides is 1. The van der Waals surface area contributed by atoms with Crippen molar-refractivity contribution in [2.24, 2.45) is 0 Å². The van der Waals surface area contributed by atoms with Crippen LogP contribution < -0.4 is 5.32 Å². The first-order valence-electron chi connectivity index (χ1n) is 9.32. The number of methoxy groups -OCH3 is 2. The maximum atomic E-state index is 12.6. The number of hydrogen-bond acceptors (Lipinski definition) is 6. The van der Waals surface area contributed by atoms with Gasteiger partial charge in [0.2, 0.25) is 5.91 Å². The summed E-state index contributed by atoms with van der Waals surface area (Å²) in [5.74, 6) is -1.45. The summed E-state index contributed by atoms with van der Waals surface area (Å²) in [4.78, 5) is 38.4. The predicted octanol–water partition coefficient (Wildman–Crippen LogP) is 2.82. The number of esters is 2. The summed E-state index contributed by atoms with van der Waals surface area (Å²) >= 11 is 0. The van der Waals surface area contributed by atoms with E-state index in [1.807, 2.05) is 24.1 Å². The van der Waals surface area contributed by atoms with Gasteiger partial charge in [0.15, 0.2) is 0 Å². The van der Waals surface area contributed by atoms with Crippen LogP contribution >= 0.6 is 0 Å². The lowest BCUT2D eigenvalue weighted by atomic mass is 10.1. The number of carbonyl (C=O) groups is 3. The van der Waals surface area contributed by atoms with Crippen LogP contribution in [-0.4, -0.2) is 50.6 Å². The van der Waals surface area contributed by atoms with Gasteiger partial charge in [0.25, 0.3) is 0 Å². The van der Waals surface area contributed by atoms with Crippen molar-refractivity contribution >= 4 is 23.5 Å². The molecule has 0 aromatic heterocycles. The van der Waals surface area contributed by atoms with Crippen LogP contribution in [0.4, 0.5) is 5.69 Å². The van der Waals surface area contributed by atoms with Crippen LogP contribution in [0.5, 0.6) is 0 Å². The van der Waals surface area contributed by atoms with Gasteiger partial charge in [-0.05, 0) is 49.2 Å². The van der Waals surface area contributed by atoms with Crippen molar-refractivity contribution < 1.29 is 23.9 Å². The second kappa shape index (κ2) is 8.87. The Labute approximate surface area is 169 Å². The van der Waals surface area contributed by atoms with E-state index in [1.54, 1.807) is 0 Å². The summed E-state index contributed by atoms with van der Waals surface area (Å²) in [5, 5.41) is 2.76. The third kappa shape index (κ3) is 4.63. The molecule has 0 aliphatic heterocycles. The Morgan fingerprint density at radius 1 is 1.03 bits per heavy atom. The predicted molar refractivity (Wildman–Crippen MR) is 108 cm³/mol. The number of anilines is 1. The highest BCUT2D eigenvalue weighted by Crippen LogP contribution is 2.34. The highest BCUT2D eigenvalue weighted by atomic mass is 16.5. The Balaban J connectivity index is 1.73. The molecule has 0 saturated carbocycles. The van der Waals surface area contributed by atoms with E-state index in [-0.39, 0.29) is 29.6 Å². The fraction of sp³-hybridized carbons (Fsp3) is 0.318. The number of rotatable bonds is 6. The normalized spacial score (nSPS) is 15.0. The van der Waals surface area contributed by atoms with Crippen molar-refractivity contribution in [1.82, 2.24) is 4.90 Å². The maximum Gasteiger partial charge on any atom is 0.337 e. The summed E-state index contributed by atoms with van der Waals surface area (Å²) in [7, 11) is 4.41. The quantitative estimate of drug-likeness (QED) is 0.756. The van der Waals surface area contributed by atoms with Crippen LogP contribution in [0.2, 0.25) is 0 Å². The van der Waals surface area contributed by atoms with Crippen LogP contribution in [0.25, 0.3) is 0 Å². The van der Waals surface area contributed by atoms with Crippen molar-refractivity contribution in [3.8, 4) is 0 Å². The number of likely N-dealkylation sites (N-methyl/N-ethyl adjacent to an activating group) is 1. The lowest BCUT2D eigenvalue weighted by Gasteiger charge is -2.24. The Hall–Kier alpha value is -3.19. The summed E-state index contributed by atoms with van der Waals surface area (Å²) in [6.45, 7) is 0.176. The SMILES string of the molecule is COC(=O)c1cc(NC(=O)CN(C)C2CCc3ccccc32)cc(C(=O)OC)c1. The molecule has 2 aromatic carbocycles. The van der Waals surface area contributed by atoms with Gasteiger partial charge in [-0.2, -0.15) is 0 Å². The van der Waals surface area contributed by atoms with E-state index in [2.05, 4.69) is 17.4 Å². The van der Waals surface area contributed by atoms with Crippen molar-refractivity contribution in [3.05, 3.63) is 64.7 Å². The highest BCUT2D eigenvalue weighted by Gasteiger charge is 2.26. The van der Waals surface area contributed by atoms with E-state index >= 15 is 0 Å². The largest absolute Gasteiger partial charge is 0.465 e. The molecule has 1 unspecified atom stereocenters. The number of nitrogens with one attached hydrogen (secondary N) is 1. The van der Waals surface area contributed by atoms with E-state index in [4.69, 9.17) is 9.47 Å². The first kappa shape index (κ1) is 20.5. The Morgan fingerprint density at radius 3 is 2.28 bits per heavy atom. The average Bonchev–Trinajstić information content (AvgIpc) is 3.16. The molecule has 1 atom stereocenters. The van der Waals surface area contributed by atoms with Crippen LogP contribution in [0.15, 0.2) is 42.5 Å². The van der Waals surface area contributed by atoms with Gasteiger partial charge >= 0.3 is 11.9 Å². The minimum absolute atomic E-state index is 0.156. The number of aryl methyl sites for hydroxylation is 1. The number of benzene rings is 2. The summed E-state index contributed by atoms with van der Waals surface area (Å²) in [6.07, 6.45) is 1.96. The molecule has 3 rings (SSSR count). The number of fused-ring (bicyclic) bond motifs is 1. The molecule has 2 aromatic rings. The molecule has 1 amide bonds. The Bertz CT molecular complexity index is 906. The molecule has 1 aliphatic rings. The molecule has 0 bridgehead atoms. The summed E-state index contributed by atoms with van der Waals surface area (Å²) < 4.78 is 9.44. The lowest BCUT2D eigenvalue weighted by Crippen LogP contribution is -2.32. The van der Waals surface area contributed by atoms with Crippen LogP contribution in [0.3, 0.4) is 0 Å². The van der Waals surface area contributed by atoms with Gasteiger partial charge in [-0.1, -0.05) is 24.3 Å². The van der Waals surface area contributed by atoms with Gasteiger partial charge < -0.3 is 14.8 Å². The molecule has 29 heavy (non-hydrogen) atoms. The number of nitrogens with zero attached hydrogens (tertiary/aromatic N) is 1. The van der Waals surface area contributed by atoms with Gasteiger partial charge in [0.05, 0.1) is 31.9 Å². The molecule has 0 radical (unpaired) electrons. The average molecular weight is 396 g/mol. The van der Waals surface area contributed by atoms with Crippen molar-refractivity contribution in [2.45, 2.75) is 18.9 Å². The molecule has 7 heteroatoms. The molecule has 0 fully saturated rings. The van der Waals surface area contributed by atoms with Crippen molar-refractivity contribution in [1.29, 1.82) is 0 Å². The Morgan fingerprint density at radius 2 is 1.66 bits per heavy atom. The molecule has 7 nitrogen and oxygen atoms in total. The van der Waals surface area contributed by atoms with Gasteiger partial charge in [-0.15, -0.1) is 0 Å². The van der Waals surface area contributed by atoms with Crippen LogP contribution in [0.1, 0.15) is 44.3 Å². The smallest absolute Gasteiger partial charge is 0.337 e. The van der Waals surface area contributed by atoms with Gasteiger partial charge in [-0.3, -0.25) is 9.69 Å². The molecule has 0 saturated heterocycles. The van der Waals surface area contributed by atoms with Gasteiger partial charge in [-0.25, -0.2) is 9.59 Å². The summed E-state index contributed by atoms with van der Waals surface area (Å²) in [5.41, 5.74) is 3.22. The molecule has 152 valence electrons. The van der Waals surface area contributed by atoms with E-state index in [9.17, 15) is 14.4 Å². The monoisotopic (exact) mass is 396 g/mol. The molecule has 1 N–H and O–H groups in total. The minimum atomic E-state index is -0.606. The third-order valence-electron chi connectivity index (χ3n) is 5.09. The number of hydrogen-bond donors (Lipinski definition) is 1. The number of carbonyl (C=O) groups excluding carboxylic acids is 3.